The fraction of sp³-hybridized carbons (Fsp3) is 0.182. The van der Waals surface area contributed by atoms with E-state index in [-0.39, 0.29) is 5.82 Å². The summed E-state index contributed by atoms with van der Waals surface area (Å²) in [6.07, 6.45) is 3.07. The molecule has 2 N–H and O–H groups in total. The van der Waals surface area contributed by atoms with Crippen molar-refractivity contribution in [2.75, 3.05) is 5.32 Å². The molecule has 0 unspecified atom stereocenters. The quantitative estimate of drug-likeness (QED) is 0.704. The second-order valence-electron chi connectivity index (χ2n) is 4.13. The lowest BCUT2D eigenvalue weighted by molar-refractivity contribution is 0.101. The van der Waals surface area contributed by atoms with E-state index in [9.17, 15) is 4.79 Å². The standard InChI is InChI=1S/C11H11N7O/c1-6-3-7(2)18-11(14-6)16-9(17-18)10(19)15-8-4-12-13-5-8/h3-5H,1-2H3,(H,12,13)(H,15,19). The molecule has 8 heteroatoms. The number of aromatic amines is 1. The van der Waals surface area contributed by atoms with E-state index in [2.05, 4.69) is 30.6 Å². The van der Waals surface area contributed by atoms with Crippen molar-refractivity contribution in [3.63, 3.8) is 0 Å². The normalized spacial score (nSPS) is 10.8. The van der Waals surface area contributed by atoms with E-state index in [1.807, 2.05) is 19.9 Å². The molecule has 0 aromatic carbocycles. The third-order valence-electron chi connectivity index (χ3n) is 2.58. The summed E-state index contributed by atoms with van der Waals surface area (Å²) in [5.74, 6) is 0.0844. The average Bonchev–Trinajstić information content (AvgIpc) is 2.97. The van der Waals surface area contributed by atoms with Crippen LogP contribution in [0.3, 0.4) is 0 Å². The minimum atomic E-state index is -0.399. The molecule has 0 aliphatic heterocycles. The Kier molecular flexibility index (Phi) is 2.48. The fourth-order valence-electron chi connectivity index (χ4n) is 1.77. The number of rotatable bonds is 2. The van der Waals surface area contributed by atoms with Crippen molar-refractivity contribution < 1.29 is 4.79 Å². The zero-order valence-corrected chi connectivity index (χ0v) is 10.4. The maximum absolute atomic E-state index is 12.0. The highest BCUT2D eigenvalue weighted by Gasteiger charge is 2.15. The van der Waals surface area contributed by atoms with E-state index in [1.54, 1.807) is 6.20 Å². The maximum atomic E-state index is 12.0. The predicted octanol–water partition coefficient (Wildman–Crippen LogP) is 0.717. The lowest BCUT2D eigenvalue weighted by atomic mass is 10.4. The van der Waals surface area contributed by atoms with Gasteiger partial charge in [0.1, 0.15) is 0 Å². The topological polar surface area (TPSA) is 101 Å². The summed E-state index contributed by atoms with van der Waals surface area (Å²) < 4.78 is 1.54. The Balaban J connectivity index is 1.97. The van der Waals surface area contributed by atoms with Crippen LogP contribution in [0.5, 0.6) is 0 Å². The van der Waals surface area contributed by atoms with Gasteiger partial charge in [-0.15, -0.1) is 5.10 Å². The fourth-order valence-corrected chi connectivity index (χ4v) is 1.77. The molecule has 3 rings (SSSR count). The van der Waals surface area contributed by atoms with Crippen molar-refractivity contribution in [3.8, 4) is 0 Å². The lowest BCUT2D eigenvalue weighted by Gasteiger charge is -1.97. The van der Waals surface area contributed by atoms with Gasteiger partial charge in [0.15, 0.2) is 0 Å². The van der Waals surface area contributed by atoms with Crippen molar-refractivity contribution in [2.45, 2.75) is 13.8 Å². The number of fused-ring (bicyclic) bond motifs is 1. The molecule has 8 nitrogen and oxygen atoms in total. The Hall–Kier alpha value is -2.77. The number of amides is 1. The molecule has 1 amide bonds. The van der Waals surface area contributed by atoms with E-state index in [0.29, 0.717) is 11.5 Å². The molecule has 0 atom stereocenters. The van der Waals surface area contributed by atoms with E-state index in [1.165, 1.54) is 10.7 Å². The largest absolute Gasteiger partial charge is 0.316 e. The minimum Gasteiger partial charge on any atom is -0.316 e. The third-order valence-corrected chi connectivity index (χ3v) is 2.58. The SMILES string of the molecule is Cc1cc(C)n2nc(C(=O)Nc3cn[nH]c3)nc2n1. The van der Waals surface area contributed by atoms with Crippen LogP contribution < -0.4 is 5.32 Å². The second kappa shape index (κ2) is 4.16. The number of carbonyl (C=O) groups excluding carboxylic acids is 1. The number of hydrogen-bond acceptors (Lipinski definition) is 5. The van der Waals surface area contributed by atoms with Crippen molar-refractivity contribution in [1.82, 2.24) is 29.8 Å². The van der Waals surface area contributed by atoms with E-state index >= 15 is 0 Å². The van der Waals surface area contributed by atoms with E-state index < -0.39 is 5.91 Å². The summed E-state index contributed by atoms with van der Waals surface area (Å²) in [5.41, 5.74) is 2.27. The molecule has 0 spiro atoms. The Bertz CT molecular complexity index is 744. The number of hydrogen-bond donors (Lipinski definition) is 2. The van der Waals surface area contributed by atoms with Gasteiger partial charge in [-0.25, -0.2) is 9.50 Å². The van der Waals surface area contributed by atoms with Crippen LogP contribution in [0.1, 0.15) is 22.0 Å². The van der Waals surface area contributed by atoms with Crippen LogP contribution in [0.4, 0.5) is 5.69 Å². The smallest absolute Gasteiger partial charge is 0.295 e. The van der Waals surface area contributed by atoms with Gasteiger partial charge in [-0.1, -0.05) is 0 Å². The highest BCUT2D eigenvalue weighted by molar-refractivity contribution is 6.01. The molecule has 0 fully saturated rings. The molecule has 0 aliphatic carbocycles. The van der Waals surface area contributed by atoms with Gasteiger partial charge in [0.25, 0.3) is 11.7 Å². The molecular formula is C11H11N7O. The third kappa shape index (κ3) is 2.03. The summed E-state index contributed by atoms with van der Waals surface area (Å²) >= 11 is 0. The Morgan fingerprint density at radius 3 is 2.95 bits per heavy atom. The van der Waals surface area contributed by atoms with Gasteiger partial charge >= 0.3 is 0 Å². The van der Waals surface area contributed by atoms with Crippen molar-refractivity contribution in [3.05, 3.63) is 35.7 Å². The van der Waals surface area contributed by atoms with E-state index in [0.717, 1.165) is 11.4 Å². The highest BCUT2D eigenvalue weighted by atomic mass is 16.2. The molecule has 0 saturated carbocycles. The molecular weight excluding hydrogens is 246 g/mol. The first kappa shape index (κ1) is 11.3. The van der Waals surface area contributed by atoms with Gasteiger partial charge in [-0.2, -0.15) is 10.1 Å². The molecule has 3 heterocycles. The van der Waals surface area contributed by atoms with Crippen LogP contribution in [-0.4, -0.2) is 35.7 Å². The van der Waals surface area contributed by atoms with Crippen LogP contribution in [0.25, 0.3) is 5.78 Å². The first-order valence-electron chi connectivity index (χ1n) is 5.64. The molecule has 96 valence electrons. The van der Waals surface area contributed by atoms with E-state index in [4.69, 9.17) is 0 Å². The van der Waals surface area contributed by atoms with Gasteiger partial charge in [0.05, 0.1) is 11.9 Å². The zero-order valence-electron chi connectivity index (χ0n) is 10.4. The lowest BCUT2D eigenvalue weighted by Crippen LogP contribution is -2.13. The van der Waals surface area contributed by atoms with Gasteiger partial charge in [-0.3, -0.25) is 9.89 Å². The monoisotopic (exact) mass is 257 g/mol. The summed E-state index contributed by atoms with van der Waals surface area (Å²) in [4.78, 5) is 20.3. The number of aromatic nitrogens is 6. The maximum Gasteiger partial charge on any atom is 0.295 e. The zero-order chi connectivity index (χ0) is 13.4. The second-order valence-corrected chi connectivity index (χ2v) is 4.13. The summed E-state index contributed by atoms with van der Waals surface area (Å²) in [5, 5.41) is 13.1. The van der Waals surface area contributed by atoms with Crippen LogP contribution in [-0.2, 0) is 0 Å². The number of carbonyl (C=O) groups is 1. The first-order valence-corrected chi connectivity index (χ1v) is 5.64. The number of anilines is 1. The number of aryl methyl sites for hydroxylation is 2. The Labute approximate surface area is 107 Å². The first-order chi connectivity index (χ1) is 9.13. The number of nitrogens with zero attached hydrogens (tertiary/aromatic N) is 5. The molecule has 0 saturated heterocycles. The molecule has 3 aromatic heterocycles. The predicted molar refractivity (Wildman–Crippen MR) is 66.8 cm³/mol. The summed E-state index contributed by atoms with van der Waals surface area (Å²) in [6, 6.07) is 1.87. The van der Waals surface area contributed by atoms with Crippen molar-refractivity contribution in [1.29, 1.82) is 0 Å². The minimum absolute atomic E-state index is 0.0717. The van der Waals surface area contributed by atoms with Crippen molar-refractivity contribution >= 4 is 17.4 Å². The molecule has 19 heavy (non-hydrogen) atoms. The van der Waals surface area contributed by atoms with Crippen LogP contribution in [0.2, 0.25) is 0 Å². The Morgan fingerprint density at radius 1 is 1.37 bits per heavy atom. The summed E-state index contributed by atoms with van der Waals surface area (Å²) in [7, 11) is 0. The average molecular weight is 257 g/mol. The van der Waals surface area contributed by atoms with Crippen LogP contribution >= 0.6 is 0 Å². The van der Waals surface area contributed by atoms with Crippen LogP contribution in [0, 0.1) is 13.8 Å². The van der Waals surface area contributed by atoms with Gasteiger partial charge in [0.2, 0.25) is 5.82 Å². The number of H-pyrrole nitrogens is 1. The Morgan fingerprint density at radius 2 is 2.21 bits per heavy atom. The highest BCUT2D eigenvalue weighted by Crippen LogP contribution is 2.07. The van der Waals surface area contributed by atoms with Gasteiger partial charge in [0, 0.05) is 17.6 Å². The van der Waals surface area contributed by atoms with Crippen LogP contribution in [0.15, 0.2) is 18.5 Å². The molecule has 0 aliphatic rings. The van der Waals surface area contributed by atoms with Gasteiger partial charge in [-0.05, 0) is 19.9 Å². The molecule has 3 aromatic rings. The molecule has 0 radical (unpaired) electrons. The van der Waals surface area contributed by atoms with Gasteiger partial charge < -0.3 is 5.32 Å². The van der Waals surface area contributed by atoms with Crippen molar-refractivity contribution in [2.24, 2.45) is 0 Å². The summed E-state index contributed by atoms with van der Waals surface area (Å²) in [6.45, 7) is 3.75. The number of nitrogens with one attached hydrogen (secondary N) is 2. The molecule has 0 bridgehead atoms.